The minimum atomic E-state index is -3.36. The largest absolute Gasteiger partial charge is 0.323 e. The summed E-state index contributed by atoms with van der Waals surface area (Å²) in [5.41, 5.74) is 3.15. The number of sulfonamides is 1. The number of pyridine rings is 1. The number of hydrogen-bond donors (Lipinski definition) is 2. The van der Waals surface area contributed by atoms with E-state index in [2.05, 4.69) is 20.2 Å². The van der Waals surface area contributed by atoms with Crippen molar-refractivity contribution in [1.29, 1.82) is 0 Å². The number of aromatic nitrogens is 3. The van der Waals surface area contributed by atoms with Crippen molar-refractivity contribution in [1.82, 2.24) is 14.6 Å². The SMILES string of the molecule is CCS(=O)(=O)Nc1cccc(-c2cc(NC(C)=O)c3nnc(C)n3c2)c1. The van der Waals surface area contributed by atoms with Crippen molar-refractivity contribution in [2.45, 2.75) is 20.8 Å². The van der Waals surface area contributed by atoms with Gasteiger partial charge >= 0.3 is 0 Å². The molecule has 0 saturated heterocycles. The second-order valence-corrected chi connectivity index (χ2v) is 7.86. The van der Waals surface area contributed by atoms with E-state index in [-0.39, 0.29) is 11.7 Å². The van der Waals surface area contributed by atoms with E-state index in [0.717, 1.165) is 11.1 Å². The van der Waals surface area contributed by atoms with Gasteiger partial charge in [-0.05, 0) is 37.6 Å². The van der Waals surface area contributed by atoms with Crippen molar-refractivity contribution in [3.63, 3.8) is 0 Å². The lowest BCUT2D eigenvalue weighted by molar-refractivity contribution is -0.114. The molecule has 9 heteroatoms. The Morgan fingerprint density at radius 1 is 1.19 bits per heavy atom. The molecule has 2 heterocycles. The summed E-state index contributed by atoms with van der Waals surface area (Å²) in [5.74, 6) is 0.459. The van der Waals surface area contributed by atoms with E-state index in [1.807, 2.05) is 19.2 Å². The van der Waals surface area contributed by atoms with Crippen LogP contribution in [0.5, 0.6) is 0 Å². The van der Waals surface area contributed by atoms with Gasteiger partial charge in [-0.25, -0.2) is 8.42 Å². The molecule has 0 atom stereocenters. The number of rotatable bonds is 5. The Bertz CT molecular complexity index is 1090. The van der Waals surface area contributed by atoms with Crippen LogP contribution in [0.2, 0.25) is 0 Å². The molecule has 0 fully saturated rings. The van der Waals surface area contributed by atoms with Gasteiger partial charge in [-0.3, -0.25) is 13.9 Å². The molecule has 0 aliphatic heterocycles. The van der Waals surface area contributed by atoms with E-state index in [0.29, 0.717) is 22.8 Å². The summed E-state index contributed by atoms with van der Waals surface area (Å²) in [4.78, 5) is 11.5. The van der Waals surface area contributed by atoms with Crippen molar-refractivity contribution in [3.05, 3.63) is 42.4 Å². The number of carbonyl (C=O) groups is 1. The number of nitrogens with one attached hydrogen (secondary N) is 2. The first-order valence-electron chi connectivity index (χ1n) is 8.03. The molecule has 0 aliphatic rings. The molecular formula is C17H19N5O3S. The van der Waals surface area contributed by atoms with Crippen LogP contribution in [0.3, 0.4) is 0 Å². The number of nitrogens with zero attached hydrogens (tertiary/aromatic N) is 3. The molecule has 2 aromatic heterocycles. The van der Waals surface area contributed by atoms with Crippen LogP contribution < -0.4 is 10.0 Å². The number of fused-ring (bicyclic) bond motifs is 1. The molecule has 136 valence electrons. The molecule has 1 amide bonds. The summed E-state index contributed by atoms with van der Waals surface area (Å²) in [5, 5.41) is 10.9. The van der Waals surface area contributed by atoms with Gasteiger partial charge in [0.05, 0.1) is 11.4 Å². The van der Waals surface area contributed by atoms with Crippen LogP contribution in [-0.4, -0.2) is 34.7 Å². The number of hydrogen-bond acceptors (Lipinski definition) is 5. The fourth-order valence-electron chi connectivity index (χ4n) is 2.56. The van der Waals surface area contributed by atoms with Gasteiger partial charge < -0.3 is 5.32 Å². The van der Waals surface area contributed by atoms with Gasteiger partial charge in [0, 0.05) is 24.4 Å². The summed E-state index contributed by atoms with van der Waals surface area (Å²) in [6.07, 6.45) is 1.85. The molecule has 0 saturated carbocycles. The Labute approximate surface area is 151 Å². The summed E-state index contributed by atoms with van der Waals surface area (Å²) in [6, 6.07) is 8.85. The monoisotopic (exact) mass is 373 g/mol. The highest BCUT2D eigenvalue weighted by molar-refractivity contribution is 7.92. The van der Waals surface area contributed by atoms with Gasteiger partial charge in [-0.15, -0.1) is 10.2 Å². The molecule has 0 radical (unpaired) electrons. The van der Waals surface area contributed by atoms with Gasteiger partial charge in [-0.2, -0.15) is 0 Å². The molecule has 0 bridgehead atoms. The molecule has 0 aliphatic carbocycles. The maximum atomic E-state index is 11.8. The van der Waals surface area contributed by atoms with Crippen LogP contribution in [0.15, 0.2) is 36.5 Å². The number of benzene rings is 1. The van der Waals surface area contributed by atoms with Gasteiger partial charge in [0.1, 0.15) is 5.82 Å². The average Bonchev–Trinajstić information content (AvgIpc) is 2.96. The molecule has 0 spiro atoms. The van der Waals surface area contributed by atoms with E-state index in [1.165, 1.54) is 6.92 Å². The van der Waals surface area contributed by atoms with Gasteiger partial charge in [0.15, 0.2) is 5.65 Å². The van der Waals surface area contributed by atoms with Crippen molar-refractivity contribution in [2.24, 2.45) is 0 Å². The van der Waals surface area contributed by atoms with Gasteiger partial charge in [0.25, 0.3) is 0 Å². The molecule has 2 N–H and O–H groups in total. The van der Waals surface area contributed by atoms with E-state index >= 15 is 0 Å². The summed E-state index contributed by atoms with van der Waals surface area (Å²) in [7, 11) is -3.36. The van der Waals surface area contributed by atoms with Crippen LogP contribution in [-0.2, 0) is 14.8 Å². The third kappa shape index (κ3) is 3.67. The standard InChI is InChI=1S/C17H19N5O3S/c1-4-26(24,25)21-15-7-5-6-13(8-15)14-9-16(18-12(3)23)17-20-19-11(2)22(17)10-14/h5-10,21H,4H2,1-3H3,(H,18,23). The smallest absolute Gasteiger partial charge is 0.232 e. The number of aryl methyl sites for hydroxylation is 1. The Kier molecular flexibility index (Phi) is 4.64. The second-order valence-electron chi connectivity index (χ2n) is 5.85. The maximum Gasteiger partial charge on any atom is 0.232 e. The Hall–Kier alpha value is -2.94. The molecule has 26 heavy (non-hydrogen) atoms. The third-order valence-corrected chi connectivity index (χ3v) is 5.14. The minimum absolute atomic E-state index is 0.00420. The fraction of sp³-hybridized carbons (Fsp3) is 0.235. The highest BCUT2D eigenvalue weighted by atomic mass is 32.2. The molecule has 3 aromatic rings. The highest BCUT2D eigenvalue weighted by Gasteiger charge is 2.13. The molecule has 8 nitrogen and oxygen atoms in total. The van der Waals surface area contributed by atoms with Crippen LogP contribution in [0.4, 0.5) is 11.4 Å². The average molecular weight is 373 g/mol. The Balaban J connectivity index is 2.10. The number of carbonyl (C=O) groups excluding carboxylic acids is 1. The van der Waals surface area contributed by atoms with E-state index in [1.54, 1.807) is 35.6 Å². The van der Waals surface area contributed by atoms with Crippen LogP contribution in [0.25, 0.3) is 16.8 Å². The topological polar surface area (TPSA) is 105 Å². The van der Waals surface area contributed by atoms with Crippen LogP contribution in [0, 0.1) is 6.92 Å². The first-order chi connectivity index (χ1) is 12.3. The second kappa shape index (κ2) is 6.75. The lowest BCUT2D eigenvalue weighted by Crippen LogP contribution is -2.14. The molecule has 0 unspecified atom stereocenters. The zero-order valence-corrected chi connectivity index (χ0v) is 15.5. The predicted molar refractivity (Wildman–Crippen MR) is 101 cm³/mol. The number of anilines is 2. The first kappa shape index (κ1) is 17.9. The summed E-state index contributed by atoms with van der Waals surface area (Å²) < 4.78 is 27.9. The zero-order valence-electron chi connectivity index (χ0n) is 14.6. The molecule has 1 aromatic carbocycles. The third-order valence-electron chi connectivity index (χ3n) is 3.84. The fourth-order valence-corrected chi connectivity index (χ4v) is 3.19. The van der Waals surface area contributed by atoms with Crippen molar-refractivity contribution in [2.75, 3.05) is 15.8 Å². The highest BCUT2D eigenvalue weighted by Crippen LogP contribution is 2.28. The zero-order chi connectivity index (χ0) is 18.9. The minimum Gasteiger partial charge on any atom is -0.323 e. The van der Waals surface area contributed by atoms with E-state index < -0.39 is 10.0 Å². The summed E-state index contributed by atoms with van der Waals surface area (Å²) in [6.45, 7) is 4.81. The normalized spacial score (nSPS) is 11.5. The van der Waals surface area contributed by atoms with E-state index in [9.17, 15) is 13.2 Å². The Morgan fingerprint density at radius 2 is 1.96 bits per heavy atom. The van der Waals surface area contributed by atoms with Gasteiger partial charge in [0.2, 0.25) is 15.9 Å². The van der Waals surface area contributed by atoms with Crippen molar-refractivity contribution < 1.29 is 13.2 Å². The quantitative estimate of drug-likeness (QED) is 0.714. The van der Waals surface area contributed by atoms with Gasteiger partial charge in [-0.1, -0.05) is 12.1 Å². The molecule has 3 rings (SSSR count). The number of amides is 1. The van der Waals surface area contributed by atoms with Crippen LogP contribution >= 0.6 is 0 Å². The van der Waals surface area contributed by atoms with E-state index in [4.69, 9.17) is 0 Å². The maximum absolute atomic E-state index is 11.8. The lowest BCUT2D eigenvalue weighted by Gasteiger charge is -2.11. The van der Waals surface area contributed by atoms with Crippen LogP contribution in [0.1, 0.15) is 19.7 Å². The Morgan fingerprint density at radius 3 is 2.65 bits per heavy atom. The lowest BCUT2D eigenvalue weighted by atomic mass is 10.1. The van der Waals surface area contributed by atoms with Crippen molar-refractivity contribution in [3.8, 4) is 11.1 Å². The first-order valence-corrected chi connectivity index (χ1v) is 9.68. The predicted octanol–water partition coefficient (Wildman–Crippen LogP) is 2.42. The summed E-state index contributed by atoms with van der Waals surface area (Å²) >= 11 is 0. The molecular weight excluding hydrogens is 354 g/mol. The van der Waals surface area contributed by atoms with Crippen molar-refractivity contribution >= 4 is 33.0 Å².